The van der Waals surface area contributed by atoms with Gasteiger partial charge in [0.05, 0.1) is 5.39 Å². The summed E-state index contributed by atoms with van der Waals surface area (Å²) in [5.74, 6) is -0.368. The van der Waals surface area contributed by atoms with Gasteiger partial charge in [-0.2, -0.15) is 0 Å². The predicted molar refractivity (Wildman–Crippen MR) is 113 cm³/mol. The first-order chi connectivity index (χ1) is 13.6. The Morgan fingerprint density at radius 3 is 2.57 bits per heavy atom. The van der Waals surface area contributed by atoms with Gasteiger partial charge in [0.25, 0.3) is 0 Å². The molecule has 0 amide bonds. The summed E-state index contributed by atoms with van der Waals surface area (Å²) in [5, 5.41) is 13.6. The van der Waals surface area contributed by atoms with Gasteiger partial charge in [0, 0.05) is 11.3 Å². The Balaban J connectivity index is 1.65. The molecule has 28 heavy (non-hydrogen) atoms. The van der Waals surface area contributed by atoms with Crippen molar-refractivity contribution in [3.8, 4) is 10.4 Å². The highest BCUT2D eigenvalue weighted by Crippen LogP contribution is 2.35. The minimum Gasteiger partial charge on any atom is -0.480 e. The summed E-state index contributed by atoms with van der Waals surface area (Å²) in [7, 11) is 0. The van der Waals surface area contributed by atoms with E-state index in [1.165, 1.54) is 11.9 Å². The lowest BCUT2D eigenvalue weighted by molar-refractivity contribution is -0.137. The van der Waals surface area contributed by atoms with Crippen molar-refractivity contribution < 1.29 is 9.90 Å². The zero-order valence-corrected chi connectivity index (χ0v) is 16.1. The van der Waals surface area contributed by atoms with Gasteiger partial charge in [0.1, 0.15) is 23.0 Å². The number of carboxylic acid groups (broad SMARTS) is 1. The van der Waals surface area contributed by atoms with Crippen molar-refractivity contribution in [3.05, 3.63) is 78.1 Å². The van der Waals surface area contributed by atoms with E-state index in [0.717, 1.165) is 26.2 Å². The van der Waals surface area contributed by atoms with Crippen molar-refractivity contribution in [2.45, 2.75) is 19.4 Å². The number of nitrogens with one attached hydrogen (secondary N) is 1. The highest BCUT2D eigenvalue weighted by molar-refractivity contribution is 7.21. The molecular formula is C22H19N3O2S. The summed E-state index contributed by atoms with van der Waals surface area (Å²) in [4.78, 5) is 22.4. The van der Waals surface area contributed by atoms with E-state index < -0.39 is 12.0 Å². The third kappa shape index (κ3) is 3.87. The SMILES string of the molecule is Cc1ccc(-c2cc3c(N[C@@H](Cc4ccccc4)C(=O)O)ncnc3s2)cc1. The van der Waals surface area contributed by atoms with Crippen LogP contribution < -0.4 is 5.32 Å². The Morgan fingerprint density at radius 1 is 1.11 bits per heavy atom. The number of carboxylic acids is 1. The van der Waals surface area contributed by atoms with E-state index in [1.54, 1.807) is 11.3 Å². The van der Waals surface area contributed by atoms with Gasteiger partial charge in [-0.25, -0.2) is 14.8 Å². The first-order valence-electron chi connectivity index (χ1n) is 8.95. The molecule has 4 aromatic rings. The van der Waals surface area contributed by atoms with Crippen LogP contribution >= 0.6 is 11.3 Å². The van der Waals surface area contributed by atoms with E-state index in [4.69, 9.17) is 0 Å². The number of aryl methyl sites for hydroxylation is 1. The van der Waals surface area contributed by atoms with Crippen LogP contribution in [0.4, 0.5) is 5.82 Å². The highest BCUT2D eigenvalue weighted by atomic mass is 32.1. The molecular weight excluding hydrogens is 370 g/mol. The number of hydrogen-bond donors (Lipinski definition) is 2. The molecule has 0 bridgehead atoms. The number of rotatable bonds is 6. The van der Waals surface area contributed by atoms with E-state index in [9.17, 15) is 9.90 Å². The van der Waals surface area contributed by atoms with Crippen molar-refractivity contribution >= 4 is 33.3 Å². The zero-order valence-electron chi connectivity index (χ0n) is 15.3. The molecule has 2 N–H and O–H groups in total. The number of carbonyl (C=O) groups is 1. The van der Waals surface area contributed by atoms with E-state index in [0.29, 0.717) is 12.2 Å². The Morgan fingerprint density at radius 2 is 1.86 bits per heavy atom. The molecule has 0 fully saturated rings. The van der Waals surface area contributed by atoms with Crippen LogP contribution in [-0.2, 0) is 11.2 Å². The second kappa shape index (κ2) is 7.78. The minimum atomic E-state index is -0.912. The summed E-state index contributed by atoms with van der Waals surface area (Å²) in [6, 6.07) is 19.1. The molecule has 6 heteroatoms. The van der Waals surface area contributed by atoms with Crippen LogP contribution in [-0.4, -0.2) is 27.1 Å². The fourth-order valence-corrected chi connectivity index (χ4v) is 4.05. The average Bonchev–Trinajstić information content (AvgIpc) is 3.14. The lowest BCUT2D eigenvalue weighted by Crippen LogP contribution is -2.32. The van der Waals surface area contributed by atoms with Crippen molar-refractivity contribution in [3.63, 3.8) is 0 Å². The smallest absolute Gasteiger partial charge is 0.326 e. The van der Waals surface area contributed by atoms with Crippen molar-refractivity contribution in [1.82, 2.24) is 9.97 Å². The summed E-state index contributed by atoms with van der Waals surface area (Å²) >= 11 is 1.57. The van der Waals surface area contributed by atoms with Gasteiger partial charge < -0.3 is 10.4 Å². The van der Waals surface area contributed by atoms with Crippen molar-refractivity contribution in [2.24, 2.45) is 0 Å². The van der Waals surface area contributed by atoms with Crippen molar-refractivity contribution in [1.29, 1.82) is 0 Å². The largest absolute Gasteiger partial charge is 0.480 e. The molecule has 0 aliphatic heterocycles. The Kier molecular flexibility index (Phi) is 5.04. The number of fused-ring (bicyclic) bond motifs is 1. The summed E-state index contributed by atoms with van der Waals surface area (Å²) < 4.78 is 0. The first-order valence-corrected chi connectivity index (χ1v) is 9.76. The normalized spacial score (nSPS) is 12.0. The van der Waals surface area contributed by atoms with Crippen LogP contribution in [0.2, 0.25) is 0 Å². The first kappa shape index (κ1) is 18.1. The van der Waals surface area contributed by atoms with Gasteiger partial charge in [0.2, 0.25) is 0 Å². The number of thiophene rings is 1. The molecule has 2 aromatic carbocycles. The standard InChI is InChI=1S/C22H19N3O2S/c1-14-7-9-16(10-8-14)19-12-17-20(23-13-24-21(17)28-19)25-18(22(26)27)11-15-5-3-2-4-6-15/h2-10,12-13,18H,11H2,1H3,(H,26,27)(H,23,24,25)/t18-/m0/s1. The van der Waals surface area contributed by atoms with E-state index in [-0.39, 0.29) is 0 Å². The second-order valence-corrected chi connectivity index (χ2v) is 7.67. The lowest BCUT2D eigenvalue weighted by atomic mass is 10.1. The van der Waals surface area contributed by atoms with E-state index in [1.807, 2.05) is 36.4 Å². The molecule has 140 valence electrons. The van der Waals surface area contributed by atoms with Crippen LogP contribution in [0.3, 0.4) is 0 Å². The Bertz CT molecular complexity index is 1110. The van der Waals surface area contributed by atoms with Gasteiger partial charge in [-0.15, -0.1) is 11.3 Å². The Hall–Kier alpha value is -3.25. The topological polar surface area (TPSA) is 75.1 Å². The summed E-state index contributed by atoms with van der Waals surface area (Å²) in [6.45, 7) is 2.06. The number of hydrogen-bond acceptors (Lipinski definition) is 5. The maximum Gasteiger partial charge on any atom is 0.326 e. The quantitative estimate of drug-likeness (QED) is 0.497. The molecule has 0 saturated heterocycles. The van der Waals surface area contributed by atoms with Gasteiger partial charge in [-0.3, -0.25) is 0 Å². The van der Waals surface area contributed by atoms with Crippen LogP contribution in [0, 0.1) is 6.92 Å². The van der Waals surface area contributed by atoms with Crippen LogP contribution in [0.25, 0.3) is 20.7 Å². The monoisotopic (exact) mass is 389 g/mol. The van der Waals surface area contributed by atoms with Gasteiger partial charge in [-0.05, 0) is 24.1 Å². The number of anilines is 1. The molecule has 0 aliphatic carbocycles. The summed E-state index contributed by atoms with van der Waals surface area (Å²) in [6.07, 6.45) is 1.85. The molecule has 4 rings (SSSR count). The number of nitrogens with zero attached hydrogens (tertiary/aromatic N) is 2. The van der Waals surface area contributed by atoms with Crippen LogP contribution in [0.15, 0.2) is 67.0 Å². The average molecular weight is 389 g/mol. The molecule has 2 aromatic heterocycles. The Labute approximate surface area is 166 Å². The summed E-state index contributed by atoms with van der Waals surface area (Å²) in [5.41, 5.74) is 3.27. The molecule has 0 unspecified atom stereocenters. The fourth-order valence-electron chi connectivity index (χ4n) is 3.05. The second-order valence-electron chi connectivity index (χ2n) is 6.64. The van der Waals surface area contributed by atoms with E-state index in [2.05, 4.69) is 46.5 Å². The molecule has 1 atom stereocenters. The minimum absolute atomic E-state index is 0.372. The van der Waals surface area contributed by atoms with Crippen LogP contribution in [0.5, 0.6) is 0 Å². The number of aromatic nitrogens is 2. The molecule has 0 aliphatic rings. The molecule has 2 heterocycles. The fraction of sp³-hybridized carbons (Fsp3) is 0.136. The predicted octanol–water partition coefficient (Wildman–Crippen LogP) is 4.77. The molecule has 0 spiro atoms. The zero-order chi connectivity index (χ0) is 19.5. The molecule has 0 saturated carbocycles. The highest BCUT2D eigenvalue weighted by Gasteiger charge is 2.20. The molecule has 0 radical (unpaired) electrons. The third-order valence-corrected chi connectivity index (χ3v) is 5.65. The van der Waals surface area contributed by atoms with E-state index >= 15 is 0 Å². The maximum absolute atomic E-state index is 11.8. The molecule has 5 nitrogen and oxygen atoms in total. The van der Waals surface area contributed by atoms with Gasteiger partial charge in [0.15, 0.2) is 0 Å². The number of benzene rings is 2. The number of aliphatic carboxylic acids is 1. The lowest BCUT2D eigenvalue weighted by Gasteiger charge is -2.15. The van der Waals surface area contributed by atoms with Gasteiger partial charge >= 0.3 is 5.97 Å². The maximum atomic E-state index is 11.8. The third-order valence-electron chi connectivity index (χ3n) is 4.56. The van der Waals surface area contributed by atoms with Gasteiger partial charge in [-0.1, -0.05) is 60.2 Å². The van der Waals surface area contributed by atoms with Crippen LogP contribution in [0.1, 0.15) is 11.1 Å². The van der Waals surface area contributed by atoms with Crippen molar-refractivity contribution in [2.75, 3.05) is 5.32 Å².